The molecule has 0 spiro atoms. The minimum absolute atomic E-state index is 0.134. The van der Waals surface area contributed by atoms with Crippen molar-refractivity contribution in [2.75, 3.05) is 25.5 Å². The molecular formula is C25H24ClN3O4S. The quantitative estimate of drug-likeness (QED) is 0.299. The lowest BCUT2D eigenvalue weighted by Gasteiger charge is -2.10. The molecule has 0 aliphatic rings. The zero-order valence-corrected chi connectivity index (χ0v) is 19.9. The number of ether oxygens (including phenoxy) is 2. The van der Waals surface area contributed by atoms with Crippen molar-refractivity contribution in [3.63, 3.8) is 0 Å². The van der Waals surface area contributed by atoms with Crippen molar-refractivity contribution in [3.8, 4) is 11.5 Å². The minimum atomic E-state index is -0.302. The largest absolute Gasteiger partial charge is 0.493 e. The normalized spacial score (nSPS) is 10.9. The fraction of sp³-hybridized carbons (Fsp3) is 0.200. The zero-order valence-electron chi connectivity index (χ0n) is 18.3. The first-order chi connectivity index (χ1) is 16.5. The number of benzene rings is 2. The Balaban J connectivity index is 1.41. The zero-order chi connectivity index (χ0) is 23.9. The second-order valence-corrected chi connectivity index (χ2v) is 8.81. The predicted molar refractivity (Wildman–Crippen MR) is 135 cm³/mol. The first kappa shape index (κ1) is 23.8. The van der Waals surface area contributed by atoms with Crippen LogP contribution in [0.15, 0.2) is 60.1 Å². The Kier molecular flexibility index (Phi) is 7.84. The number of hydrogen-bond acceptors (Lipinski definition) is 7. The molecule has 0 aliphatic heterocycles. The molecule has 9 heteroatoms. The second-order valence-electron chi connectivity index (χ2n) is 7.49. The monoisotopic (exact) mass is 497 g/mol. The van der Waals surface area contributed by atoms with Gasteiger partial charge < -0.3 is 25.6 Å². The van der Waals surface area contributed by atoms with E-state index < -0.39 is 0 Å². The first-order valence-electron chi connectivity index (χ1n) is 10.7. The number of nitrogens with one attached hydrogen (secondary N) is 1. The van der Waals surface area contributed by atoms with Gasteiger partial charge in [-0.15, -0.1) is 11.3 Å². The molecular weight excluding hydrogens is 474 g/mol. The van der Waals surface area contributed by atoms with Crippen LogP contribution in [-0.2, 0) is 13.0 Å². The Morgan fingerprint density at radius 2 is 1.91 bits per heavy atom. The predicted octanol–water partition coefficient (Wildman–Crippen LogP) is 4.45. The summed E-state index contributed by atoms with van der Waals surface area (Å²) in [5.74, 6) is 1.41. The van der Waals surface area contributed by atoms with Gasteiger partial charge in [-0.3, -0.25) is 4.79 Å². The van der Waals surface area contributed by atoms with Crippen LogP contribution in [0.5, 0.6) is 11.5 Å². The maximum atomic E-state index is 12.4. The Morgan fingerprint density at radius 1 is 1.15 bits per heavy atom. The highest BCUT2D eigenvalue weighted by Gasteiger charge is 2.17. The minimum Gasteiger partial charge on any atom is -0.493 e. The van der Waals surface area contributed by atoms with Crippen molar-refractivity contribution in [1.82, 2.24) is 10.3 Å². The number of nitrogens with zero attached hydrogens (tertiary/aromatic N) is 1. The lowest BCUT2D eigenvalue weighted by Crippen LogP contribution is -2.26. The summed E-state index contributed by atoms with van der Waals surface area (Å²) in [4.78, 5) is 16.6. The van der Waals surface area contributed by atoms with Crippen LogP contribution < -0.4 is 20.5 Å². The van der Waals surface area contributed by atoms with E-state index in [1.54, 1.807) is 0 Å². The van der Waals surface area contributed by atoms with Gasteiger partial charge in [0.05, 0.1) is 23.5 Å². The van der Waals surface area contributed by atoms with Gasteiger partial charge in [-0.05, 0) is 35.2 Å². The molecule has 0 saturated carbocycles. The highest BCUT2D eigenvalue weighted by atomic mass is 35.5. The molecule has 4 rings (SSSR count). The van der Waals surface area contributed by atoms with E-state index in [4.69, 9.17) is 31.9 Å². The summed E-state index contributed by atoms with van der Waals surface area (Å²) in [5, 5.41) is 14.9. The number of rotatable bonds is 10. The van der Waals surface area contributed by atoms with E-state index in [2.05, 4.69) is 10.3 Å². The number of aliphatic hydroxyl groups excluding tert-OH is 1. The molecule has 2 aromatic carbocycles. The molecule has 2 aromatic heterocycles. The lowest BCUT2D eigenvalue weighted by atomic mass is 10.1. The molecule has 0 atom stereocenters. The molecule has 7 nitrogen and oxygen atoms in total. The van der Waals surface area contributed by atoms with Crippen LogP contribution in [-0.4, -0.2) is 35.8 Å². The van der Waals surface area contributed by atoms with Crippen molar-refractivity contribution in [2.24, 2.45) is 0 Å². The summed E-state index contributed by atoms with van der Waals surface area (Å²) in [6.07, 6.45) is 2.22. The number of nitrogens with two attached hydrogens (primary N) is 1. The van der Waals surface area contributed by atoms with E-state index in [0.29, 0.717) is 39.9 Å². The number of nitrogen functional groups attached to an aromatic ring is 1. The number of anilines is 1. The number of carbonyl (C=O) groups excluding carboxylic acids is 1. The summed E-state index contributed by atoms with van der Waals surface area (Å²) in [6, 6.07) is 15.2. The number of aromatic nitrogens is 1. The highest BCUT2D eigenvalue weighted by Crippen LogP contribution is 2.33. The molecule has 0 saturated heterocycles. The molecule has 0 bridgehead atoms. The van der Waals surface area contributed by atoms with Crippen molar-refractivity contribution < 1.29 is 19.4 Å². The summed E-state index contributed by atoms with van der Waals surface area (Å²) in [7, 11) is 0. The topological polar surface area (TPSA) is 107 Å². The van der Waals surface area contributed by atoms with Gasteiger partial charge in [0.25, 0.3) is 5.91 Å². The third-order valence-electron chi connectivity index (χ3n) is 5.12. The smallest absolute Gasteiger partial charge is 0.254 e. The fourth-order valence-electron chi connectivity index (χ4n) is 3.42. The Labute approximate surface area is 206 Å². The van der Waals surface area contributed by atoms with E-state index in [1.165, 1.54) is 17.5 Å². The molecule has 34 heavy (non-hydrogen) atoms. The van der Waals surface area contributed by atoms with Crippen LogP contribution >= 0.6 is 22.9 Å². The molecule has 1 amide bonds. The third-order valence-corrected chi connectivity index (χ3v) is 6.43. The van der Waals surface area contributed by atoms with Gasteiger partial charge in [-0.25, -0.2) is 4.98 Å². The number of hydrogen-bond donors (Lipinski definition) is 3. The summed E-state index contributed by atoms with van der Waals surface area (Å²) in [5.41, 5.74) is 8.53. The number of halogens is 1. The summed E-state index contributed by atoms with van der Waals surface area (Å²) in [6.45, 7) is 0.834. The highest BCUT2D eigenvalue weighted by molar-refractivity contribution is 7.17. The summed E-state index contributed by atoms with van der Waals surface area (Å²) >= 11 is 7.33. The molecule has 0 unspecified atom stereocenters. The molecule has 2 heterocycles. The van der Waals surface area contributed by atoms with Crippen LogP contribution in [0, 0.1) is 0 Å². The number of amides is 1. The molecule has 0 aliphatic carbocycles. The molecule has 4 N–H and O–H groups in total. The number of thiophene rings is 1. The Hall–Kier alpha value is -3.33. The number of pyridine rings is 1. The van der Waals surface area contributed by atoms with Crippen molar-refractivity contribution >= 4 is 44.7 Å². The van der Waals surface area contributed by atoms with Gasteiger partial charge in [0.15, 0.2) is 0 Å². The Morgan fingerprint density at radius 3 is 2.68 bits per heavy atom. The van der Waals surface area contributed by atoms with Crippen molar-refractivity contribution in [3.05, 3.63) is 81.8 Å². The van der Waals surface area contributed by atoms with Crippen LogP contribution in [0.3, 0.4) is 0 Å². The standard InChI is InChI=1S/C25H24ClN3O4S/c26-18-6-4-16(5-7-18)8-11-32-19-2-1-3-20(12-19)33-14-17-15-34-23-21(25(31)28-9-10-30)13-29-24(27)22(17)23/h1-7,12-13,15,30H,8-11,14H2,(H2,27,29)(H,28,31). The number of fused-ring (bicyclic) bond motifs is 1. The first-order valence-corrected chi connectivity index (χ1v) is 11.9. The van der Waals surface area contributed by atoms with Gasteiger partial charge in [0.1, 0.15) is 23.9 Å². The van der Waals surface area contributed by atoms with Crippen LogP contribution in [0.1, 0.15) is 21.5 Å². The average molecular weight is 498 g/mol. The van der Waals surface area contributed by atoms with Crippen LogP contribution in [0.25, 0.3) is 10.1 Å². The maximum absolute atomic E-state index is 12.4. The summed E-state index contributed by atoms with van der Waals surface area (Å²) < 4.78 is 12.6. The third kappa shape index (κ3) is 5.77. The number of carbonyl (C=O) groups is 1. The van der Waals surface area contributed by atoms with E-state index >= 15 is 0 Å². The average Bonchev–Trinajstić information content (AvgIpc) is 3.28. The molecule has 0 radical (unpaired) electrons. The van der Waals surface area contributed by atoms with Crippen LogP contribution in [0.2, 0.25) is 5.02 Å². The van der Waals surface area contributed by atoms with Gasteiger partial charge >= 0.3 is 0 Å². The molecule has 176 valence electrons. The van der Waals surface area contributed by atoms with E-state index in [9.17, 15) is 4.79 Å². The molecule has 4 aromatic rings. The maximum Gasteiger partial charge on any atom is 0.254 e. The molecule has 0 fully saturated rings. The van der Waals surface area contributed by atoms with Gasteiger partial charge in [-0.2, -0.15) is 0 Å². The number of aliphatic hydroxyl groups is 1. The van der Waals surface area contributed by atoms with Gasteiger partial charge in [0, 0.05) is 41.2 Å². The SMILES string of the molecule is Nc1ncc(C(=O)NCCO)c2scc(COc3cccc(OCCc4ccc(Cl)cc4)c3)c12. The second kappa shape index (κ2) is 11.2. The van der Waals surface area contributed by atoms with Gasteiger partial charge in [-0.1, -0.05) is 29.8 Å². The lowest BCUT2D eigenvalue weighted by molar-refractivity contribution is 0.0946. The van der Waals surface area contributed by atoms with Crippen molar-refractivity contribution in [1.29, 1.82) is 0 Å². The van der Waals surface area contributed by atoms with Crippen LogP contribution in [0.4, 0.5) is 5.82 Å². The van der Waals surface area contributed by atoms with E-state index in [-0.39, 0.29) is 25.7 Å². The van der Waals surface area contributed by atoms with Gasteiger partial charge in [0.2, 0.25) is 0 Å². The van der Waals surface area contributed by atoms with E-state index in [0.717, 1.165) is 22.2 Å². The van der Waals surface area contributed by atoms with Crippen molar-refractivity contribution in [2.45, 2.75) is 13.0 Å². The fourth-order valence-corrected chi connectivity index (χ4v) is 4.61. The van der Waals surface area contributed by atoms with E-state index in [1.807, 2.05) is 53.9 Å². The Bertz CT molecular complexity index is 1280.